The van der Waals surface area contributed by atoms with Crippen molar-refractivity contribution >= 4 is 22.4 Å². The molecule has 5 rings (SSSR count). The fourth-order valence-electron chi connectivity index (χ4n) is 5.39. The Balaban J connectivity index is 1.32. The van der Waals surface area contributed by atoms with Crippen LogP contribution in [0, 0.1) is 5.92 Å². The van der Waals surface area contributed by atoms with Crippen molar-refractivity contribution in [3.8, 4) is 0 Å². The van der Waals surface area contributed by atoms with Gasteiger partial charge in [-0.05, 0) is 30.4 Å². The van der Waals surface area contributed by atoms with Crippen molar-refractivity contribution in [1.82, 2.24) is 9.88 Å². The third kappa shape index (κ3) is 4.05. The molecule has 2 N–H and O–H groups in total. The van der Waals surface area contributed by atoms with Gasteiger partial charge in [-0.15, -0.1) is 0 Å². The zero-order chi connectivity index (χ0) is 22.0. The van der Waals surface area contributed by atoms with Gasteiger partial charge in [0.25, 0.3) is 5.91 Å². The lowest BCUT2D eigenvalue weighted by Crippen LogP contribution is -2.58. The Bertz CT molecular complexity index is 1060. The molecule has 0 spiro atoms. The van der Waals surface area contributed by atoms with E-state index in [2.05, 4.69) is 22.4 Å². The van der Waals surface area contributed by atoms with Gasteiger partial charge < -0.3 is 15.3 Å². The molecule has 0 bridgehead atoms. The fourth-order valence-corrected chi connectivity index (χ4v) is 6.16. The van der Waals surface area contributed by atoms with Crippen LogP contribution in [-0.4, -0.2) is 33.5 Å². The van der Waals surface area contributed by atoms with Crippen molar-refractivity contribution in [1.29, 1.82) is 0 Å². The zero-order valence-corrected chi connectivity index (χ0v) is 18.9. The average molecular weight is 448 g/mol. The molecule has 2 fully saturated rings. The van der Waals surface area contributed by atoms with E-state index in [9.17, 15) is 9.90 Å². The molecule has 1 unspecified atom stereocenters. The minimum absolute atomic E-state index is 0.0438. The molecule has 6 heteroatoms. The summed E-state index contributed by atoms with van der Waals surface area (Å²) in [4.78, 5) is 20.6. The highest BCUT2D eigenvalue weighted by molar-refractivity contribution is 7.17. The van der Waals surface area contributed by atoms with Gasteiger partial charge in [0.05, 0.1) is 11.8 Å². The van der Waals surface area contributed by atoms with Crippen molar-refractivity contribution in [3.05, 3.63) is 82.9 Å². The van der Waals surface area contributed by atoms with Crippen LogP contribution in [0.3, 0.4) is 0 Å². The van der Waals surface area contributed by atoms with Crippen LogP contribution in [0.1, 0.15) is 52.9 Å². The topological polar surface area (TPSA) is 65.5 Å². The molecule has 3 atom stereocenters. The lowest BCUT2D eigenvalue weighted by Gasteiger charge is -2.52. The van der Waals surface area contributed by atoms with E-state index in [1.165, 1.54) is 16.9 Å². The SMILES string of the molecule is O=C(c1cnc(NCc2ccccc2)s1)N1CC[C@@](O)(c2ccccc2)[C@@H]2CCCCC21. The first-order chi connectivity index (χ1) is 15.6. The number of aromatic nitrogens is 1. The van der Waals surface area contributed by atoms with Gasteiger partial charge in [0, 0.05) is 25.0 Å². The number of rotatable bonds is 5. The average Bonchev–Trinajstić information content (AvgIpc) is 3.33. The van der Waals surface area contributed by atoms with Crippen LogP contribution in [0.2, 0.25) is 0 Å². The van der Waals surface area contributed by atoms with E-state index in [-0.39, 0.29) is 17.9 Å². The largest absolute Gasteiger partial charge is 0.385 e. The molecule has 2 heterocycles. The molecule has 0 radical (unpaired) electrons. The van der Waals surface area contributed by atoms with Crippen LogP contribution in [0.5, 0.6) is 0 Å². The lowest BCUT2D eigenvalue weighted by molar-refractivity contribution is -0.110. The number of anilines is 1. The smallest absolute Gasteiger partial charge is 0.265 e. The predicted octanol–water partition coefficient (Wildman–Crippen LogP) is 5.05. The highest BCUT2D eigenvalue weighted by atomic mass is 32.1. The molecule has 3 aromatic rings. The van der Waals surface area contributed by atoms with Gasteiger partial charge in [-0.1, -0.05) is 84.8 Å². The lowest BCUT2D eigenvalue weighted by atomic mass is 9.66. The number of amides is 1. The highest BCUT2D eigenvalue weighted by Gasteiger charge is 2.50. The van der Waals surface area contributed by atoms with Crippen molar-refractivity contribution in [2.45, 2.75) is 50.3 Å². The van der Waals surface area contributed by atoms with Gasteiger partial charge in [0.15, 0.2) is 5.13 Å². The molecule has 1 saturated heterocycles. The van der Waals surface area contributed by atoms with E-state index in [1.807, 2.05) is 53.4 Å². The van der Waals surface area contributed by atoms with Crippen LogP contribution < -0.4 is 5.32 Å². The standard InChI is InChI=1S/C26H29N3O2S/c30-24(23-18-28-25(32-23)27-17-19-9-3-1-4-10-19)29-16-15-26(31,20-11-5-2-6-12-20)21-13-7-8-14-22(21)29/h1-6,9-12,18,21-22,31H,7-8,13-17H2,(H,27,28)/t21-,22?,26-/m1/s1. The number of nitrogens with one attached hydrogen (secondary N) is 1. The Hall–Kier alpha value is -2.70. The fraction of sp³-hybridized carbons (Fsp3) is 0.385. The van der Waals surface area contributed by atoms with Gasteiger partial charge in [0.2, 0.25) is 0 Å². The zero-order valence-electron chi connectivity index (χ0n) is 18.1. The third-order valence-electron chi connectivity index (χ3n) is 7.01. The van der Waals surface area contributed by atoms with E-state index < -0.39 is 5.60 Å². The molecule has 5 nitrogen and oxygen atoms in total. The number of likely N-dealkylation sites (tertiary alicyclic amines) is 1. The van der Waals surface area contributed by atoms with Gasteiger partial charge in [-0.25, -0.2) is 4.98 Å². The maximum absolute atomic E-state index is 13.5. The molecule has 1 aliphatic heterocycles. The van der Waals surface area contributed by atoms with Gasteiger partial charge >= 0.3 is 0 Å². The molecule has 1 saturated carbocycles. The van der Waals surface area contributed by atoms with Crippen LogP contribution in [0.25, 0.3) is 0 Å². The van der Waals surface area contributed by atoms with Crippen molar-refractivity contribution in [2.24, 2.45) is 5.92 Å². The first-order valence-corrected chi connectivity index (χ1v) is 12.3. The number of aliphatic hydroxyl groups is 1. The number of hydrogen-bond donors (Lipinski definition) is 2. The van der Waals surface area contributed by atoms with Gasteiger partial charge in [-0.2, -0.15) is 0 Å². The Morgan fingerprint density at radius 3 is 2.59 bits per heavy atom. The minimum Gasteiger partial charge on any atom is -0.385 e. The van der Waals surface area contributed by atoms with Gasteiger partial charge in [-0.3, -0.25) is 4.79 Å². The molecule has 1 amide bonds. The van der Waals surface area contributed by atoms with E-state index in [4.69, 9.17) is 0 Å². The molecule has 1 aromatic heterocycles. The summed E-state index contributed by atoms with van der Waals surface area (Å²) in [5, 5.41) is 15.8. The number of benzene rings is 2. The summed E-state index contributed by atoms with van der Waals surface area (Å²) in [5.74, 6) is 0.113. The monoisotopic (exact) mass is 447 g/mol. The second-order valence-electron chi connectivity index (χ2n) is 8.87. The Labute approximate surface area is 193 Å². The third-order valence-corrected chi connectivity index (χ3v) is 7.96. The number of hydrogen-bond acceptors (Lipinski definition) is 5. The number of carbonyl (C=O) groups is 1. The second-order valence-corrected chi connectivity index (χ2v) is 9.90. The number of nitrogens with zero attached hydrogens (tertiary/aromatic N) is 2. The Morgan fingerprint density at radius 1 is 1.09 bits per heavy atom. The van der Waals surface area contributed by atoms with Crippen molar-refractivity contribution in [3.63, 3.8) is 0 Å². The first kappa shape index (κ1) is 21.2. The van der Waals surface area contributed by atoms with Crippen LogP contribution in [0.15, 0.2) is 66.9 Å². The van der Waals surface area contributed by atoms with Gasteiger partial charge in [0.1, 0.15) is 4.88 Å². The molecule has 2 aromatic carbocycles. The summed E-state index contributed by atoms with van der Waals surface area (Å²) in [6.45, 7) is 1.25. The Kier molecular flexibility index (Phi) is 5.98. The maximum Gasteiger partial charge on any atom is 0.265 e. The number of fused-ring (bicyclic) bond motifs is 1. The highest BCUT2D eigenvalue weighted by Crippen LogP contribution is 2.47. The number of carbonyl (C=O) groups excluding carboxylic acids is 1. The maximum atomic E-state index is 13.5. The summed E-state index contributed by atoms with van der Waals surface area (Å²) >= 11 is 1.41. The predicted molar refractivity (Wildman–Crippen MR) is 128 cm³/mol. The molecular weight excluding hydrogens is 418 g/mol. The van der Waals surface area contributed by atoms with E-state index in [0.29, 0.717) is 24.4 Å². The molecule has 1 aliphatic carbocycles. The van der Waals surface area contributed by atoms with Crippen LogP contribution in [-0.2, 0) is 12.1 Å². The molecule has 32 heavy (non-hydrogen) atoms. The van der Waals surface area contributed by atoms with Crippen molar-refractivity contribution < 1.29 is 9.90 Å². The number of piperidine rings is 1. The summed E-state index contributed by atoms with van der Waals surface area (Å²) in [6.07, 6.45) is 6.36. The summed E-state index contributed by atoms with van der Waals surface area (Å²) in [7, 11) is 0. The van der Waals surface area contributed by atoms with E-state index in [1.54, 1.807) is 6.20 Å². The van der Waals surface area contributed by atoms with E-state index in [0.717, 1.165) is 36.4 Å². The van der Waals surface area contributed by atoms with Crippen LogP contribution >= 0.6 is 11.3 Å². The molecule has 2 aliphatic rings. The van der Waals surface area contributed by atoms with Crippen molar-refractivity contribution in [2.75, 3.05) is 11.9 Å². The second kappa shape index (κ2) is 9.04. The summed E-state index contributed by atoms with van der Waals surface area (Å²) in [5.41, 5.74) is 1.30. The first-order valence-electron chi connectivity index (χ1n) is 11.5. The van der Waals surface area contributed by atoms with E-state index >= 15 is 0 Å². The normalized spacial score (nSPS) is 25.2. The molecule has 166 valence electrons. The molecular formula is C26H29N3O2S. The Morgan fingerprint density at radius 2 is 1.81 bits per heavy atom. The quantitative estimate of drug-likeness (QED) is 0.575. The number of thiazole rings is 1. The van der Waals surface area contributed by atoms with Crippen LogP contribution in [0.4, 0.5) is 5.13 Å². The summed E-state index contributed by atoms with van der Waals surface area (Å²) < 4.78 is 0. The minimum atomic E-state index is -0.862. The summed E-state index contributed by atoms with van der Waals surface area (Å²) in [6, 6.07) is 20.2.